The third-order valence-corrected chi connectivity index (χ3v) is 15.7. The number of likely N-dealkylation sites (N-methyl/N-ethyl adjacent to an activating group) is 1. The fourth-order valence-corrected chi connectivity index (χ4v) is 11.2. The molecule has 24 heteroatoms. The lowest BCUT2D eigenvalue weighted by Gasteiger charge is -2.33. The summed E-state index contributed by atoms with van der Waals surface area (Å²) in [5, 5.41) is 30.7. The Morgan fingerprint density at radius 2 is 1.03 bits per heavy atom. The number of hydrogen-bond donors (Lipinski definition) is 7. The molecule has 4 aromatic carbocycles. The van der Waals surface area contributed by atoms with Crippen LogP contribution in [0.15, 0.2) is 82.6 Å². The Morgan fingerprint density at radius 1 is 0.620 bits per heavy atom. The Bertz CT molecular complexity index is 2660. The fourth-order valence-electron chi connectivity index (χ4n) is 8.05. The predicted molar refractivity (Wildman–Crippen MR) is 269 cm³/mol. The minimum absolute atomic E-state index is 0.0194. The predicted octanol–water partition coefficient (Wildman–Crippen LogP) is 3.39. The highest BCUT2D eigenvalue weighted by Gasteiger charge is 2.31. The summed E-state index contributed by atoms with van der Waals surface area (Å²) in [7, 11) is -5.59. The number of sulfonamides is 2. The van der Waals surface area contributed by atoms with Gasteiger partial charge in [0, 0.05) is 84.3 Å². The number of nitrogens with zero attached hydrogens (tertiary/aromatic N) is 1. The number of amides is 2. The van der Waals surface area contributed by atoms with E-state index in [4.69, 9.17) is 65.4 Å². The van der Waals surface area contributed by atoms with Crippen molar-refractivity contribution in [2.24, 2.45) is 0 Å². The van der Waals surface area contributed by atoms with Crippen molar-refractivity contribution in [3.8, 4) is 0 Å². The van der Waals surface area contributed by atoms with Crippen molar-refractivity contribution >= 4 is 78.3 Å². The van der Waals surface area contributed by atoms with E-state index in [0.29, 0.717) is 39.7 Å². The molecule has 0 fully saturated rings. The van der Waals surface area contributed by atoms with Gasteiger partial charge in [-0.1, -0.05) is 70.7 Å². The lowest BCUT2D eigenvalue weighted by Crippen LogP contribution is -2.50. The van der Waals surface area contributed by atoms with E-state index in [0.717, 1.165) is 39.9 Å². The molecule has 4 aromatic rings. The molecule has 0 spiro atoms. The van der Waals surface area contributed by atoms with E-state index in [9.17, 15) is 36.6 Å². The second-order valence-electron chi connectivity index (χ2n) is 16.7. The van der Waals surface area contributed by atoms with Crippen LogP contribution in [0.2, 0.25) is 20.1 Å². The normalized spacial score (nSPS) is 17.0. The van der Waals surface area contributed by atoms with Crippen LogP contribution < -0.4 is 25.4 Å². The Hall–Kier alpha value is -3.52. The summed E-state index contributed by atoms with van der Waals surface area (Å²) >= 11 is 25.5. The summed E-state index contributed by atoms with van der Waals surface area (Å²) in [4.78, 5) is 26.9. The molecule has 4 atom stereocenters. The van der Waals surface area contributed by atoms with E-state index in [2.05, 4.69) is 30.3 Å². The quantitative estimate of drug-likeness (QED) is 0.0424. The van der Waals surface area contributed by atoms with Crippen LogP contribution in [0.1, 0.15) is 45.2 Å². The van der Waals surface area contributed by atoms with Crippen molar-refractivity contribution in [3.63, 3.8) is 0 Å². The van der Waals surface area contributed by atoms with Crippen LogP contribution in [0.25, 0.3) is 0 Å². The van der Waals surface area contributed by atoms with Crippen molar-refractivity contribution in [1.29, 1.82) is 0 Å². The van der Waals surface area contributed by atoms with Crippen molar-refractivity contribution in [1.82, 2.24) is 30.3 Å². The molecular weight excluding hydrogens is 1050 g/mol. The van der Waals surface area contributed by atoms with Gasteiger partial charge in [-0.15, -0.1) is 0 Å². The highest BCUT2D eigenvalue weighted by Crippen LogP contribution is 2.39. The molecule has 0 bridgehead atoms. The van der Waals surface area contributed by atoms with E-state index in [1.165, 1.54) is 0 Å². The van der Waals surface area contributed by atoms with E-state index in [1.807, 2.05) is 19.2 Å². The number of halogens is 4. The molecular formula is C47H58Cl4N6O12S2. The van der Waals surface area contributed by atoms with Crippen LogP contribution in [-0.2, 0) is 61.7 Å². The van der Waals surface area contributed by atoms with Crippen molar-refractivity contribution in [3.05, 3.63) is 126 Å². The van der Waals surface area contributed by atoms with Gasteiger partial charge in [0.1, 0.15) is 0 Å². The van der Waals surface area contributed by atoms with Crippen LogP contribution in [-0.4, -0.2) is 155 Å². The average molecular weight is 1100 g/mol. The molecule has 388 valence electrons. The van der Waals surface area contributed by atoms with E-state index >= 15 is 0 Å². The zero-order chi connectivity index (χ0) is 51.1. The number of benzene rings is 4. The Morgan fingerprint density at radius 3 is 1.49 bits per heavy atom. The smallest absolute Gasteiger partial charge is 0.252 e. The summed E-state index contributed by atoms with van der Waals surface area (Å²) in [6.45, 7) is 3.41. The zero-order valence-corrected chi connectivity index (χ0v) is 43.5. The largest absolute Gasteiger partial charge is 0.380 e. The molecule has 2 heterocycles. The molecule has 0 radical (unpaired) electrons. The molecule has 71 heavy (non-hydrogen) atoms. The van der Waals surface area contributed by atoms with Gasteiger partial charge in [-0.2, -0.15) is 0 Å². The maximum atomic E-state index is 12.9. The molecule has 2 aliphatic heterocycles. The van der Waals surface area contributed by atoms with Gasteiger partial charge in [-0.3, -0.25) is 9.59 Å². The maximum absolute atomic E-state index is 12.9. The first-order valence-corrected chi connectivity index (χ1v) is 27.2. The van der Waals surface area contributed by atoms with Crippen molar-refractivity contribution in [2.45, 2.75) is 46.9 Å². The van der Waals surface area contributed by atoms with Crippen LogP contribution >= 0.6 is 46.4 Å². The van der Waals surface area contributed by atoms with E-state index < -0.39 is 44.1 Å². The molecule has 0 saturated carbocycles. The second kappa shape index (κ2) is 27.1. The molecule has 18 nitrogen and oxygen atoms in total. The minimum Gasteiger partial charge on any atom is -0.380 e. The molecule has 4 unspecified atom stereocenters. The van der Waals surface area contributed by atoms with Gasteiger partial charge in [0.25, 0.3) is 11.8 Å². The number of carbonyl (C=O) groups is 2. The van der Waals surface area contributed by atoms with E-state index in [1.54, 1.807) is 60.7 Å². The standard InChI is InChI=1S/C47H58Cl4N6O12S2/c1-57-28-40(37-23-33(49)25-43(51)41(37)29-57)31-4-8-35(9-5-31)71(64,65)56-13-17-69-21-19-67-15-11-54-47(61)45(59)44(58)46(60)53-10-14-66-18-20-68-16-12-55-70(62,63)34-6-2-30(3-7-34)38-26-52-27-39-36(38)22-32(48)24-42(39)50/h2-9,22-25,38,40,44-45,52,55-56,58-59H,10-21,26-29H2,1H3,(H,53,60)(H,54,61). The lowest BCUT2D eigenvalue weighted by atomic mass is 9.85. The molecule has 7 N–H and O–H groups in total. The molecule has 2 aliphatic rings. The molecule has 6 rings (SSSR count). The van der Waals surface area contributed by atoms with Gasteiger partial charge in [0.05, 0.1) is 62.6 Å². The number of carbonyl (C=O) groups excluding carboxylic acids is 2. The monoisotopic (exact) mass is 1100 g/mol. The maximum Gasteiger partial charge on any atom is 0.252 e. The number of ether oxygens (including phenoxy) is 4. The average Bonchev–Trinajstić information content (AvgIpc) is 3.34. The summed E-state index contributed by atoms with van der Waals surface area (Å²) in [5.74, 6) is -2.04. The molecule has 0 aliphatic carbocycles. The third kappa shape index (κ3) is 16.2. The summed E-state index contributed by atoms with van der Waals surface area (Å²) in [6.07, 6.45) is -4.08. The minimum atomic E-state index is -3.80. The van der Waals surface area contributed by atoms with Crippen LogP contribution in [0.3, 0.4) is 0 Å². The number of aliphatic hydroxyl groups is 2. The first kappa shape index (κ1) is 56.8. The van der Waals surface area contributed by atoms with Crippen molar-refractivity contribution in [2.75, 3.05) is 99.2 Å². The fraction of sp³-hybridized carbons (Fsp3) is 0.447. The second-order valence-corrected chi connectivity index (χ2v) is 21.9. The number of hydrogen-bond acceptors (Lipinski definition) is 14. The van der Waals surface area contributed by atoms with E-state index in [-0.39, 0.29) is 101 Å². The summed E-state index contributed by atoms with van der Waals surface area (Å²) < 4.78 is 78.2. The highest BCUT2D eigenvalue weighted by atomic mass is 35.5. The highest BCUT2D eigenvalue weighted by molar-refractivity contribution is 7.89. The lowest BCUT2D eigenvalue weighted by molar-refractivity contribution is -0.146. The molecule has 0 aromatic heterocycles. The molecule has 0 saturated heterocycles. The summed E-state index contributed by atoms with van der Waals surface area (Å²) in [5.41, 5.74) is 5.86. The van der Waals surface area contributed by atoms with Gasteiger partial charge in [0.15, 0.2) is 12.2 Å². The Labute approximate surface area is 434 Å². The zero-order valence-electron chi connectivity index (χ0n) is 38.8. The van der Waals surface area contributed by atoms with Gasteiger partial charge in [-0.25, -0.2) is 26.3 Å². The first-order chi connectivity index (χ1) is 33.9. The number of aliphatic hydroxyl groups excluding tert-OH is 2. The Kier molecular flexibility index (Phi) is 21.7. The third-order valence-electron chi connectivity index (χ3n) is 11.6. The number of rotatable bonds is 27. The van der Waals surface area contributed by atoms with Crippen LogP contribution in [0, 0.1) is 0 Å². The number of fused-ring (bicyclic) bond motifs is 2. The van der Waals surface area contributed by atoms with Crippen LogP contribution in [0.4, 0.5) is 0 Å². The van der Waals surface area contributed by atoms with Crippen molar-refractivity contribution < 1.29 is 55.6 Å². The van der Waals surface area contributed by atoms with Gasteiger partial charge in [0.2, 0.25) is 20.0 Å². The summed E-state index contributed by atoms with van der Waals surface area (Å²) in [6, 6.07) is 20.6. The van der Waals surface area contributed by atoms with Crippen LogP contribution in [0.5, 0.6) is 0 Å². The Balaban J connectivity index is 0.750. The molecule has 2 amide bonds. The van der Waals surface area contributed by atoms with Gasteiger partial charge < -0.3 is 50.0 Å². The first-order valence-electron chi connectivity index (χ1n) is 22.7. The number of nitrogens with one attached hydrogen (secondary N) is 5. The van der Waals surface area contributed by atoms with Gasteiger partial charge >= 0.3 is 0 Å². The topological polar surface area (TPSA) is 243 Å². The van der Waals surface area contributed by atoms with Gasteiger partial charge in [-0.05, 0) is 89.0 Å². The SMILES string of the molecule is CN1Cc2c(Cl)cc(Cl)cc2C(c2ccc(S(=O)(=O)NCCOCCOCCNC(=O)C(O)C(O)C(=O)NCCOCCOCCNS(=O)(=O)c3ccc(C4CNCc5c(Cl)cc(Cl)cc54)cc3)cc2)C1.